The zero-order valence-corrected chi connectivity index (χ0v) is 11.8. The predicted octanol–water partition coefficient (Wildman–Crippen LogP) is 1.16. The van der Waals surface area contributed by atoms with Crippen molar-refractivity contribution in [3.63, 3.8) is 0 Å². The van der Waals surface area contributed by atoms with Gasteiger partial charge in [-0.25, -0.2) is 4.79 Å². The van der Waals surface area contributed by atoms with E-state index in [-0.39, 0.29) is 12.2 Å². The number of esters is 1. The van der Waals surface area contributed by atoms with Crippen LogP contribution in [0, 0.1) is 0 Å². The maximum absolute atomic E-state index is 12.3. The molecule has 2 aromatic heterocycles. The summed E-state index contributed by atoms with van der Waals surface area (Å²) >= 11 is 0. The molecular weight excluding hydrogens is 286 g/mol. The van der Waals surface area contributed by atoms with E-state index >= 15 is 0 Å². The summed E-state index contributed by atoms with van der Waals surface area (Å²) in [6, 6.07) is 8.95. The third kappa shape index (κ3) is 2.12. The normalized spacial score (nSPS) is 10.8. The Morgan fingerprint density at radius 1 is 1.23 bits per heavy atom. The highest BCUT2D eigenvalue weighted by molar-refractivity contribution is 5.89. The fourth-order valence-corrected chi connectivity index (χ4v) is 2.27. The van der Waals surface area contributed by atoms with Crippen molar-refractivity contribution in [1.29, 1.82) is 0 Å². The second-order valence-corrected chi connectivity index (χ2v) is 4.59. The molecule has 0 bridgehead atoms. The van der Waals surface area contributed by atoms with Gasteiger partial charge in [0, 0.05) is 6.20 Å². The molecule has 0 atom stereocenters. The second kappa shape index (κ2) is 5.36. The highest BCUT2D eigenvalue weighted by Gasteiger charge is 2.18. The lowest BCUT2D eigenvalue weighted by molar-refractivity contribution is 0.0523. The van der Waals surface area contributed by atoms with Gasteiger partial charge in [-0.3, -0.25) is 14.7 Å². The molecule has 7 heteroatoms. The SMILES string of the molecule is CCOC(=O)c1c[nH]c2c(-c3ccccc3)c(=O)[nH]n2c1=O. The number of nitrogens with one attached hydrogen (secondary N) is 2. The summed E-state index contributed by atoms with van der Waals surface area (Å²) in [7, 11) is 0. The number of hydrogen-bond donors (Lipinski definition) is 2. The number of carbonyl (C=O) groups is 1. The van der Waals surface area contributed by atoms with Crippen LogP contribution in [-0.2, 0) is 4.74 Å². The van der Waals surface area contributed by atoms with Crippen LogP contribution in [0.5, 0.6) is 0 Å². The van der Waals surface area contributed by atoms with E-state index in [2.05, 4.69) is 10.1 Å². The third-order valence-electron chi connectivity index (χ3n) is 3.25. The van der Waals surface area contributed by atoms with Crippen molar-refractivity contribution in [2.75, 3.05) is 6.61 Å². The monoisotopic (exact) mass is 299 g/mol. The summed E-state index contributed by atoms with van der Waals surface area (Å²) in [6.45, 7) is 1.81. The molecule has 0 aliphatic heterocycles. The number of fused-ring (bicyclic) bond motifs is 1. The highest BCUT2D eigenvalue weighted by Crippen LogP contribution is 2.18. The van der Waals surface area contributed by atoms with E-state index in [4.69, 9.17) is 4.74 Å². The first-order chi connectivity index (χ1) is 10.6. The first-order valence-corrected chi connectivity index (χ1v) is 6.72. The third-order valence-corrected chi connectivity index (χ3v) is 3.25. The van der Waals surface area contributed by atoms with Crippen LogP contribution in [0.15, 0.2) is 46.1 Å². The molecule has 7 nitrogen and oxygen atoms in total. The minimum absolute atomic E-state index is 0.160. The van der Waals surface area contributed by atoms with Gasteiger partial charge >= 0.3 is 5.97 Å². The van der Waals surface area contributed by atoms with E-state index in [1.165, 1.54) is 6.20 Å². The van der Waals surface area contributed by atoms with Crippen molar-refractivity contribution in [3.05, 3.63) is 62.8 Å². The predicted molar refractivity (Wildman–Crippen MR) is 80.0 cm³/mol. The van der Waals surface area contributed by atoms with Gasteiger partial charge in [0.15, 0.2) is 0 Å². The van der Waals surface area contributed by atoms with Crippen LogP contribution in [0.2, 0.25) is 0 Å². The average molecular weight is 299 g/mol. The van der Waals surface area contributed by atoms with E-state index in [0.717, 1.165) is 4.52 Å². The van der Waals surface area contributed by atoms with Gasteiger partial charge in [-0.2, -0.15) is 4.52 Å². The standard InChI is InChI=1S/C15H13N3O4/c1-2-22-15(21)10-8-16-12-11(9-6-4-3-5-7-9)13(19)17-18(12)14(10)20/h3-8,16H,2H2,1H3,(H,17,19). The zero-order valence-electron chi connectivity index (χ0n) is 11.8. The summed E-state index contributed by atoms with van der Waals surface area (Å²) in [5.41, 5.74) is 0.0976. The number of carbonyl (C=O) groups excluding carboxylic acids is 1. The molecule has 3 aromatic rings. The Morgan fingerprint density at radius 3 is 2.64 bits per heavy atom. The topological polar surface area (TPSA) is 96.4 Å². The average Bonchev–Trinajstić information content (AvgIpc) is 2.86. The van der Waals surface area contributed by atoms with Crippen LogP contribution in [0.3, 0.4) is 0 Å². The number of nitrogens with zero attached hydrogens (tertiary/aromatic N) is 1. The Labute approximate surface area is 124 Å². The summed E-state index contributed by atoms with van der Waals surface area (Å²) in [5, 5.41) is 2.44. The minimum Gasteiger partial charge on any atom is -0.462 e. The zero-order chi connectivity index (χ0) is 15.7. The van der Waals surface area contributed by atoms with Crippen LogP contribution in [0.4, 0.5) is 0 Å². The summed E-state index contributed by atoms with van der Waals surface area (Å²) in [6.07, 6.45) is 1.26. The molecule has 0 spiro atoms. The molecular formula is C15H13N3O4. The first kappa shape index (κ1) is 13.9. The van der Waals surface area contributed by atoms with Crippen molar-refractivity contribution in [1.82, 2.24) is 14.6 Å². The highest BCUT2D eigenvalue weighted by atomic mass is 16.5. The summed E-state index contributed by atoms with van der Waals surface area (Å²) < 4.78 is 5.84. The first-order valence-electron chi connectivity index (χ1n) is 6.72. The van der Waals surface area contributed by atoms with Crippen LogP contribution in [0.25, 0.3) is 16.8 Å². The van der Waals surface area contributed by atoms with E-state index in [1.54, 1.807) is 31.2 Å². The lowest BCUT2D eigenvalue weighted by atomic mass is 10.1. The number of hydrogen-bond acceptors (Lipinski definition) is 4. The Hall–Kier alpha value is -3.09. The lowest BCUT2D eigenvalue weighted by Crippen LogP contribution is -2.25. The number of rotatable bonds is 3. The maximum Gasteiger partial charge on any atom is 0.345 e. The number of aromatic amines is 2. The fourth-order valence-electron chi connectivity index (χ4n) is 2.27. The van der Waals surface area contributed by atoms with Crippen LogP contribution >= 0.6 is 0 Å². The maximum atomic E-state index is 12.3. The van der Waals surface area contributed by atoms with Gasteiger partial charge in [0.2, 0.25) is 0 Å². The fraction of sp³-hybridized carbons (Fsp3) is 0.133. The van der Waals surface area contributed by atoms with Crippen molar-refractivity contribution in [2.24, 2.45) is 0 Å². The van der Waals surface area contributed by atoms with Crippen LogP contribution in [-0.4, -0.2) is 27.2 Å². The molecule has 2 N–H and O–H groups in total. The van der Waals surface area contributed by atoms with Crippen molar-refractivity contribution in [2.45, 2.75) is 6.92 Å². The Kier molecular flexibility index (Phi) is 3.38. The molecule has 0 aliphatic carbocycles. The molecule has 0 radical (unpaired) electrons. The molecule has 22 heavy (non-hydrogen) atoms. The molecule has 0 unspecified atom stereocenters. The quantitative estimate of drug-likeness (QED) is 0.709. The van der Waals surface area contributed by atoms with Gasteiger partial charge < -0.3 is 9.72 Å². The van der Waals surface area contributed by atoms with Crippen molar-refractivity contribution in [3.8, 4) is 11.1 Å². The van der Waals surface area contributed by atoms with Gasteiger partial charge in [0.1, 0.15) is 11.2 Å². The van der Waals surface area contributed by atoms with Crippen molar-refractivity contribution >= 4 is 11.6 Å². The number of aromatic nitrogens is 3. The smallest absolute Gasteiger partial charge is 0.345 e. The van der Waals surface area contributed by atoms with Crippen LogP contribution < -0.4 is 11.1 Å². The molecule has 0 saturated heterocycles. The summed E-state index contributed by atoms with van der Waals surface area (Å²) in [5.74, 6) is -0.735. The number of benzene rings is 1. The molecule has 0 aliphatic rings. The molecule has 3 rings (SSSR count). The molecule has 112 valence electrons. The van der Waals surface area contributed by atoms with Crippen LogP contribution in [0.1, 0.15) is 17.3 Å². The summed E-state index contributed by atoms with van der Waals surface area (Å²) in [4.78, 5) is 39.0. The van der Waals surface area contributed by atoms with E-state index in [0.29, 0.717) is 16.8 Å². The van der Waals surface area contributed by atoms with Gasteiger partial charge in [0.25, 0.3) is 11.1 Å². The van der Waals surface area contributed by atoms with Gasteiger partial charge in [-0.1, -0.05) is 30.3 Å². The Bertz CT molecular complexity index is 950. The molecule has 2 heterocycles. The molecule has 0 fully saturated rings. The van der Waals surface area contributed by atoms with Gasteiger partial charge in [-0.15, -0.1) is 0 Å². The van der Waals surface area contributed by atoms with Gasteiger partial charge in [-0.05, 0) is 12.5 Å². The Morgan fingerprint density at radius 2 is 1.95 bits per heavy atom. The van der Waals surface area contributed by atoms with E-state index in [1.807, 2.05) is 6.07 Å². The lowest BCUT2D eigenvalue weighted by Gasteiger charge is -2.02. The molecule has 1 aromatic carbocycles. The number of ether oxygens (including phenoxy) is 1. The largest absolute Gasteiger partial charge is 0.462 e. The van der Waals surface area contributed by atoms with E-state index < -0.39 is 17.1 Å². The van der Waals surface area contributed by atoms with Crippen molar-refractivity contribution < 1.29 is 9.53 Å². The Balaban J connectivity index is 2.26. The minimum atomic E-state index is -0.735. The molecule has 0 amide bonds. The van der Waals surface area contributed by atoms with E-state index in [9.17, 15) is 14.4 Å². The second-order valence-electron chi connectivity index (χ2n) is 4.59. The molecule has 0 saturated carbocycles. The van der Waals surface area contributed by atoms with Gasteiger partial charge in [0.05, 0.1) is 12.2 Å². The number of H-pyrrole nitrogens is 2.